The van der Waals surface area contributed by atoms with Gasteiger partial charge in [-0.1, -0.05) is 6.58 Å². The van der Waals surface area contributed by atoms with Crippen molar-refractivity contribution in [3.05, 3.63) is 12.3 Å². The van der Waals surface area contributed by atoms with Gasteiger partial charge < -0.3 is 5.32 Å². The highest BCUT2D eigenvalue weighted by atomic mass is 15.2. The smallest absolute Gasteiger partial charge is 0.0292 e. The van der Waals surface area contributed by atoms with E-state index in [1.165, 1.54) is 12.8 Å². The molecule has 1 aliphatic rings. The van der Waals surface area contributed by atoms with Crippen LogP contribution in [0.4, 0.5) is 0 Å². The molecule has 0 amide bonds. The molecule has 88 valence electrons. The Hall–Kier alpha value is -0.500. The Morgan fingerprint density at radius 2 is 1.60 bits per heavy atom. The van der Waals surface area contributed by atoms with E-state index in [0.717, 1.165) is 5.70 Å². The second-order valence-electron chi connectivity index (χ2n) is 6.21. The highest BCUT2D eigenvalue weighted by Gasteiger charge is 2.42. The maximum absolute atomic E-state index is 3.94. The number of likely N-dealkylation sites (tertiary alicyclic amines) is 1. The van der Waals surface area contributed by atoms with Crippen LogP contribution in [0.2, 0.25) is 0 Å². The quantitative estimate of drug-likeness (QED) is 0.754. The molecule has 2 heteroatoms. The van der Waals surface area contributed by atoms with Gasteiger partial charge in [0, 0.05) is 22.8 Å². The zero-order valence-corrected chi connectivity index (χ0v) is 11.1. The Bertz CT molecular complexity index is 235. The van der Waals surface area contributed by atoms with Crippen LogP contribution >= 0.6 is 0 Å². The van der Waals surface area contributed by atoms with Crippen LogP contribution in [-0.4, -0.2) is 29.1 Å². The summed E-state index contributed by atoms with van der Waals surface area (Å²) < 4.78 is 0. The lowest BCUT2D eigenvalue weighted by Crippen LogP contribution is -2.61. The normalized spacial score (nSPS) is 26.3. The maximum Gasteiger partial charge on any atom is 0.0292 e. The standard InChI is InChI=1S/C13H26N2/c1-10(2)14-11-8-12(3,4)15(7)13(5,6)9-11/h11,14H,1,8-9H2,2-7H3. The van der Waals surface area contributed by atoms with Gasteiger partial charge in [0.05, 0.1) is 0 Å². The minimum absolute atomic E-state index is 0.259. The molecule has 0 aromatic heterocycles. The third-order valence-corrected chi connectivity index (χ3v) is 3.76. The minimum Gasteiger partial charge on any atom is -0.386 e. The second kappa shape index (κ2) is 3.82. The number of allylic oxidation sites excluding steroid dienone is 1. The van der Waals surface area contributed by atoms with Crippen molar-refractivity contribution in [2.45, 2.75) is 64.6 Å². The number of piperidine rings is 1. The van der Waals surface area contributed by atoms with Crippen molar-refractivity contribution < 1.29 is 0 Å². The van der Waals surface area contributed by atoms with Crippen molar-refractivity contribution in [3.8, 4) is 0 Å². The zero-order valence-electron chi connectivity index (χ0n) is 11.1. The van der Waals surface area contributed by atoms with Crippen molar-refractivity contribution in [1.82, 2.24) is 10.2 Å². The van der Waals surface area contributed by atoms with E-state index >= 15 is 0 Å². The summed E-state index contributed by atoms with van der Waals surface area (Å²) in [6.45, 7) is 15.3. The third kappa shape index (κ3) is 2.75. The van der Waals surface area contributed by atoms with Gasteiger partial charge in [-0.25, -0.2) is 0 Å². The van der Waals surface area contributed by atoms with Gasteiger partial charge in [-0.05, 0) is 54.5 Å². The van der Waals surface area contributed by atoms with Crippen molar-refractivity contribution >= 4 is 0 Å². The van der Waals surface area contributed by atoms with E-state index in [9.17, 15) is 0 Å². The van der Waals surface area contributed by atoms with E-state index < -0.39 is 0 Å². The number of nitrogens with one attached hydrogen (secondary N) is 1. The molecule has 1 rings (SSSR count). The maximum atomic E-state index is 3.94. The second-order valence-corrected chi connectivity index (χ2v) is 6.21. The molecular formula is C13H26N2. The average molecular weight is 210 g/mol. The molecule has 0 atom stereocenters. The summed E-state index contributed by atoms with van der Waals surface area (Å²) in [6.07, 6.45) is 2.36. The van der Waals surface area contributed by atoms with E-state index in [4.69, 9.17) is 0 Å². The first-order chi connectivity index (χ1) is 6.65. The first-order valence-corrected chi connectivity index (χ1v) is 5.81. The fourth-order valence-corrected chi connectivity index (χ4v) is 2.82. The molecule has 0 aromatic rings. The molecule has 0 saturated carbocycles. The van der Waals surface area contributed by atoms with Gasteiger partial charge in [0.1, 0.15) is 0 Å². The van der Waals surface area contributed by atoms with Crippen LogP contribution in [0, 0.1) is 0 Å². The topological polar surface area (TPSA) is 15.3 Å². The molecule has 1 heterocycles. The predicted octanol–water partition coefficient (Wildman–Crippen LogP) is 2.76. The first-order valence-electron chi connectivity index (χ1n) is 5.81. The molecule has 1 saturated heterocycles. The van der Waals surface area contributed by atoms with Gasteiger partial charge in [0.25, 0.3) is 0 Å². The molecule has 0 radical (unpaired) electrons. The van der Waals surface area contributed by atoms with E-state index in [0.29, 0.717) is 6.04 Å². The lowest BCUT2D eigenvalue weighted by Gasteiger charge is -2.54. The van der Waals surface area contributed by atoms with Crippen molar-refractivity contribution in [3.63, 3.8) is 0 Å². The summed E-state index contributed by atoms with van der Waals surface area (Å²) in [5.41, 5.74) is 1.60. The van der Waals surface area contributed by atoms with Gasteiger partial charge in [-0.3, -0.25) is 4.90 Å². The van der Waals surface area contributed by atoms with E-state index in [2.05, 4.69) is 51.5 Å². The van der Waals surface area contributed by atoms with Gasteiger partial charge in [0.15, 0.2) is 0 Å². The van der Waals surface area contributed by atoms with E-state index in [1.54, 1.807) is 0 Å². The van der Waals surface area contributed by atoms with Gasteiger partial charge in [0.2, 0.25) is 0 Å². The molecule has 0 bridgehead atoms. The Labute approximate surface area is 94.7 Å². The van der Waals surface area contributed by atoms with Crippen LogP contribution in [0.5, 0.6) is 0 Å². The van der Waals surface area contributed by atoms with Gasteiger partial charge in [-0.2, -0.15) is 0 Å². The SMILES string of the molecule is C=C(C)NC1CC(C)(C)N(C)C(C)(C)C1. The summed E-state index contributed by atoms with van der Waals surface area (Å²) >= 11 is 0. The molecule has 0 aliphatic carbocycles. The molecule has 2 nitrogen and oxygen atoms in total. The lowest BCUT2D eigenvalue weighted by atomic mass is 9.77. The zero-order chi connectivity index (χ0) is 11.9. The Morgan fingerprint density at radius 3 is 1.93 bits per heavy atom. The van der Waals surface area contributed by atoms with Crippen LogP contribution in [0.3, 0.4) is 0 Å². The summed E-state index contributed by atoms with van der Waals surface area (Å²) in [6, 6.07) is 0.559. The molecular weight excluding hydrogens is 184 g/mol. The minimum atomic E-state index is 0.259. The highest BCUT2D eigenvalue weighted by Crippen LogP contribution is 2.36. The Balaban J connectivity index is 2.79. The van der Waals surface area contributed by atoms with E-state index in [1.807, 2.05) is 6.92 Å². The van der Waals surface area contributed by atoms with Gasteiger partial charge in [-0.15, -0.1) is 0 Å². The number of hydrogen-bond donors (Lipinski definition) is 1. The first kappa shape index (κ1) is 12.6. The van der Waals surface area contributed by atoms with Crippen LogP contribution in [0.25, 0.3) is 0 Å². The number of hydrogen-bond acceptors (Lipinski definition) is 2. The third-order valence-electron chi connectivity index (χ3n) is 3.76. The fourth-order valence-electron chi connectivity index (χ4n) is 2.82. The summed E-state index contributed by atoms with van der Waals surface area (Å²) in [5, 5.41) is 3.49. The van der Waals surface area contributed by atoms with Crippen LogP contribution in [0.1, 0.15) is 47.5 Å². The van der Waals surface area contributed by atoms with Gasteiger partial charge >= 0.3 is 0 Å². The van der Waals surface area contributed by atoms with Crippen molar-refractivity contribution in [2.24, 2.45) is 0 Å². The van der Waals surface area contributed by atoms with Crippen LogP contribution < -0.4 is 5.32 Å². The molecule has 1 aliphatic heterocycles. The fraction of sp³-hybridized carbons (Fsp3) is 0.846. The number of nitrogens with zero attached hydrogens (tertiary/aromatic N) is 1. The van der Waals surface area contributed by atoms with Crippen LogP contribution in [0.15, 0.2) is 12.3 Å². The number of rotatable bonds is 2. The van der Waals surface area contributed by atoms with E-state index in [-0.39, 0.29) is 11.1 Å². The summed E-state index contributed by atoms with van der Waals surface area (Å²) in [7, 11) is 2.23. The largest absolute Gasteiger partial charge is 0.386 e. The molecule has 15 heavy (non-hydrogen) atoms. The predicted molar refractivity (Wildman–Crippen MR) is 66.9 cm³/mol. The van der Waals surface area contributed by atoms with Crippen molar-refractivity contribution in [2.75, 3.05) is 7.05 Å². The molecule has 1 N–H and O–H groups in total. The summed E-state index contributed by atoms with van der Waals surface area (Å²) in [4.78, 5) is 2.50. The lowest BCUT2D eigenvalue weighted by molar-refractivity contribution is -0.0162. The monoisotopic (exact) mass is 210 g/mol. The molecule has 0 spiro atoms. The van der Waals surface area contributed by atoms with Crippen LogP contribution in [-0.2, 0) is 0 Å². The molecule has 0 aromatic carbocycles. The Kier molecular flexibility index (Phi) is 3.20. The Morgan fingerprint density at radius 1 is 1.20 bits per heavy atom. The average Bonchev–Trinajstić information content (AvgIpc) is 1.97. The molecule has 0 unspecified atom stereocenters. The molecule has 1 fully saturated rings. The highest BCUT2D eigenvalue weighted by molar-refractivity contribution is 5.03. The summed E-state index contributed by atoms with van der Waals surface area (Å²) in [5.74, 6) is 0. The van der Waals surface area contributed by atoms with Crippen molar-refractivity contribution in [1.29, 1.82) is 0 Å².